The molecule has 0 aliphatic heterocycles. The van der Waals surface area contributed by atoms with Gasteiger partial charge >= 0.3 is 0 Å². The Labute approximate surface area is 104 Å². The molecule has 2 heteroatoms. The van der Waals surface area contributed by atoms with E-state index in [1.165, 1.54) is 18.4 Å². The minimum Gasteiger partial charge on any atom is -0.293 e. The van der Waals surface area contributed by atoms with Crippen molar-refractivity contribution < 1.29 is 4.79 Å². The van der Waals surface area contributed by atoms with E-state index < -0.39 is 0 Å². The van der Waals surface area contributed by atoms with Crippen LogP contribution in [0.3, 0.4) is 0 Å². The molecule has 92 valence electrons. The zero-order chi connectivity index (χ0) is 12.4. The molecule has 0 saturated heterocycles. The first-order valence-electron chi connectivity index (χ1n) is 6.46. The number of ketones is 1. The van der Waals surface area contributed by atoms with Crippen molar-refractivity contribution in [2.45, 2.75) is 39.7 Å². The zero-order valence-corrected chi connectivity index (χ0v) is 11.0. The van der Waals surface area contributed by atoms with Crippen molar-refractivity contribution >= 4 is 5.78 Å². The fraction of sp³-hybridized carbons (Fsp3) is 0.533. The normalized spacial score (nSPS) is 15.3. The summed E-state index contributed by atoms with van der Waals surface area (Å²) < 4.78 is 0. The molecule has 0 radical (unpaired) electrons. The Morgan fingerprint density at radius 3 is 2.59 bits per heavy atom. The molecule has 2 nitrogen and oxygen atoms in total. The van der Waals surface area contributed by atoms with Crippen LogP contribution in [0.1, 0.15) is 41.3 Å². The van der Waals surface area contributed by atoms with Gasteiger partial charge < -0.3 is 0 Å². The Bertz CT molecular complexity index is 421. The lowest BCUT2D eigenvalue weighted by molar-refractivity contribution is 0.0928. The van der Waals surface area contributed by atoms with Crippen molar-refractivity contribution in [1.82, 2.24) is 4.90 Å². The van der Waals surface area contributed by atoms with Crippen molar-refractivity contribution in [1.29, 1.82) is 0 Å². The summed E-state index contributed by atoms with van der Waals surface area (Å²) in [6, 6.07) is 6.73. The quantitative estimate of drug-likeness (QED) is 0.726. The van der Waals surface area contributed by atoms with E-state index in [2.05, 4.69) is 24.8 Å². The van der Waals surface area contributed by atoms with E-state index in [4.69, 9.17) is 0 Å². The average Bonchev–Trinajstić information content (AvgIpc) is 3.09. The maximum atomic E-state index is 12.2. The van der Waals surface area contributed by atoms with Crippen LogP contribution in [0.15, 0.2) is 18.2 Å². The molecule has 1 saturated carbocycles. The lowest BCUT2D eigenvalue weighted by atomic mass is 10.0. The smallest absolute Gasteiger partial charge is 0.177 e. The van der Waals surface area contributed by atoms with E-state index in [1.807, 2.05) is 19.1 Å². The third-order valence-corrected chi connectivity index (χ3v) is 3.50. The van der Waals surface area contributed by atoms with Crippen LogP contribution in [-0.4, -0.2) is 29.8 Å². The first kappa shape index (κ1) is 12.3. The molecule has 0 aromatic heterocycles. The number of aryl methyl sites for hydroxylation is 2. The third kappa shape index (κ3) is 2.95. The molecular weight excluding hydrogens is 210 g/mol. The van der Waals surface area contributed by atoms with Crippen LogP contribution in [0, 0.1) is 13.8 Å². The Morgan fingerprint density at radius 1 is 1.35 bits per heavy atom. The van der Waals surface area contributed by atoms with E-state index >= 15 is 0 Å². The molecule has 0 N–H and O–H groups in total. The second kappa shape index (κ2) is 5.01. The first-order chi connectivity index (χ1) is 8.11. The van der Waals surface area contributed by atoms with Gasteiger partial charge in [0.15, 0.2) is 5.78 Å². The van der Waals surface area contributed by atoms with Crippen molar-refractivity contribution in [2.24, 2.45) is 0 Å². The molecule has 2 rings (SSSR count). The molecule has 0 unspecified atom stereocenters. The summed E-state index contributed by atoms with van der Waals surface area (Å²) in [5, 5.41) is 0. The number of hydrogen-bond donors (Lipinski definition) is 0. The SMILES string of the molecule is CCN(CC(=O)c1ccc(C)cc1C)C1CC1. The minimum absolute atomic E-state index is 0.260. The Kier molecular flexibility index (Phi) is 3.63. The van der Waals surface area contributed by atoms with Gasteiger partial charge in [-0.2, -0.15) is 0 Å². The van der Waals surface area contributed by atoms with Gasteiger partial charge in [0.05, 0.1) is 6.54 Å². The Morgan fingerprint density at radius 2 is 2.06 bits per heavy atom. The predicted molar refractivity (Wildman–Crippen MR) is 70.5 cm³/mol. The molecule has 0 bridgehead atoms. The average molecular weight is 231 g/mol. The summed E-state index contributed by atoms with van der Waals surface area (Å²) in [4.78, 5) is 14.5. The molecule has 0 heterocycles. The maximum absolute atomic E-state index is 12.2. The van der Waals surface area contributed by atoms with Crippen LogP contribution in [-0.2, 0) is 0 Å². The fourth-order valence-corrected chi connectivity index (χ4v) is 2.33. The van der Waals surface area contributed by atoms with Crippen LogP contribution in [0.4, 0.5) is 0 Å². The van der Waals surface area contributed by atoms with Crippen LogP contribution >= 0.6 is 0 Å². The number of benzene rings is 1. The number of carbonyl (C=O) groups excluding carboxylic acids is 1. The summed E-state index contributed by atoms with van der Waals surface area (Å²) in [5.74, 6) is 0.260. The van der Waals surface area contributed by atoms with Gasteiger partial charge in [-0.3, -0.25) is 9.69 Å². The number of hydrogen-bond acceptors (Lipinski definition) is 2. The van der Waals surface area contributed by atoms with Crippen LogP contribution in [0.25, 0.3) is 0 Å². The number of carbonyl (C=O) groups is 1. The van der Waals surface area contributed by atoms with E-state index in [0.717, 1.165) is 17.7 Å². The van der Waals surface area contributed by atoms with Crippen LogP contribution in [0.2, 0.25) is 0 Å². The summed E-state index contributed by atoms with van der Waals surface area (Å²) in [5.41, 5.74) is 3.20. The van der Waals surface area contributed by atoms with E-state index in [1.54, 1.807) is 0 Å². The summed E-state index contributed by atoms with van der Waals surface area (Å²) in [6.07, 6.45) is 2.52. The largest absolute Gasteiger partial charge is 0.293 e. The highest BCUT2D eigenvalue weighted by Crippen LogP contribution is 2.26. The first-order valence-corrected chi connectivity index (χ1v) is 6.46. The minimum atomic E-state index is 0.260. The van der Waals surface area contributed by atoms with Gasteiger partial charge in [-0.05, 0) is 38.8 Å². The fourth-order valence-electron chi connectivity index (χ4n) is 2.33. The topological polar surface area (TPSA) is 20.3 Å². The van der Waals surface area contributed by atoms with Crippen molar-refractivity contribution in [3.63, 3.8) is 0 Å². The number of likely N-dealkylation sites (N-methyl/N-ethyl adjacent to an activating group) is 1. The summed E-state index contributed by atoms with van der Waals surface area (Å²) >= 11 is 0. The van der Waals surface area contributed by atoms with Gasteiger partial charge in [0.1, 0.15) is 0 Å². The van der Waals surface area contributed by atoms with E-state index in [0.29, 0.717) is 12.6 Å². The summed E-state index contributed by atoms with van der Waals surface area (Å²) in [6.45, 7) is 7.76. The van der Waals surface area contributed by atoms with Crippen molar-refractivity contribution in [2.75, 3.05) is 13.1 Å². The molecule has 0 amide bonds. The highest BCUT2D eigenvalue weighted by Gasteiger charge is 2.29. The van der Waals surface area contributed by atoms with Gasteiger partial charge in [0.25, 0.3) is 0 Å². The zero-order valence-electron chi connectivity index (χ0n) is 11.0. The molecule has 1 aliphatic carbocycles. The second-order valence-corrected chi connectivity index (χ2v) is 5.04. The molecule has 1 aliphatic rings. The molecule has 0 spiro atoms. The maximum Gasteiger partial charge on any atom is 0.177 e. The second-order valence-electron chi connectivity index (χ2n) is 5.04. The highest BCUT2D eigenvalue weighted by atomic mass is 16.1. The lowest BCUT2D eigenvalue weighted by Gasteiger charge is -2.19. The highest BCUT2D eigenvalue weighted by molar-refractivity contribution is 5.99. The van der Waals surface area contributed by atoms with E-state index in [9.17, 15) is 4.79 Å². The standard InChI is InChI=1S/C15H21NO/c1-4-16(13-6-7-13)10-15(17)14-8-5-11(2)9-12(14)3/h5,8-9,13H,4,6-7,10H2,1-3H3. The van der Waals surface area contributed by atoms with Crippen LogP contribution in [0.5, 0.6) is 0 Å². The molecular formula is C15H21NO. The van der Waals surface area contributed by atoms with Gasteiger partial charge in [-0.25, -0.2) is 0 Å². The molecule has 0 atom stereocenters. The predicted octanol–water partition coefficient (Wildman–Crippen LogP) is 2.97. The van der Waals surface area contributed by atoms with Gasteiger partial charge in [0, 0.05) is 11.6 Å². The number of nitrogens with zero attached hydrogens (tertiary/aromatic N) is 1. The Hall–Kier alpha value is -1.15. The molecule has 1 fully saturated rings. The van der Waals surface area contributed by atoms with Gasteiger partial charge in [0.2, 0.25) is 0 Å². The third-order valence-electron chi connectivity index (χ3n) is 3.50. The number of Topliss-reactive ketones (excluding diaryl/α,β-unsaturated/α-hetero) is 1. The van der Waals surface area contributed by atoms with Crippen molar-refractivity contribution in [3.05, 3.63) is 34.9 Å². The molecule has 1 aromatic rings. The Balaban J connectivity index is 2.08. The lowest BCUT2D eigenvalue weighted by Crippen LogP contribution is -2.32. The van der Waals surface area contributed by atoms with E-state index in [-0.39, 0.29) is 5.78 Å². The van der Waals surface area contributed by atoms with Crippen molar-refractivity contribution in [3.8, 4) is 0 Å². The van der Waals surface area contributed by atoms with Gasteiger partial charge in [-0.1, -0.05) is 30.7 Å². The van der Waals surface area contributed by atoms with Crippen LogP contribution < -0.4 is 0 Å². The van der Waals surface area contributed by atoms with Gasteiger partial charge in [-0.15, -0.1) is 0 Å². The molecule has 1 aromatic carbocycles. The summed E-state index contributed by atoms with van der Waals surface area (Å²) in [7, 11) is 0. The monoisotopic (exact) mass is 231 g/mol. The number of rotatable bonds is 5. The molecule has 17 heavy (non-hydrogen) atoms.